The molecule has 0 atom stereocenters. The van der Waals surface area contributed by atoms with Crippen molar-refractivity contribution in [3.8, 4) is 17.2 Å². The fraction of sp³-hybridized carbons (Fsp3) is 0.538. The van der Waals surface area contributed by atoms with Crippen molar-refractivity contribution in [2.24, 2.45) is 0 Å². The number of aliphatic hydroxyl groups is 1. The second-order valence-electron chi connectivity index (χ2n) is 5.09. The first-order valence-corrected chi connectivity index (χ1v) is 5.89. The topological polar surface area (TPSA) is 58.9 Å². The van der Waals surface area contributed by atoms with Gasteiger partial charge in [-0.25, -0.2) is 0 Å². The number of hydrogen-bond donors (Lipinski definition) is 2. The highest BCUT2D eigenvalue weighted by molar-refractivity contribution is 5.66. The number of ether oxygens (including phenoxy) is 2. The van der Waals surface area contributed by atoms with E-state index in [0.29, 0.717) is 37.6 Å². The monoisotopic (exact) mass is 236 g/mol. The molecule has 4 nitrogen and oxygen atoms in total. The molecule has 0 bridgehead atoms. The van der Waals surface area contributed by atoms with Crippen LogP contribution in [0.3, 0.4) is 0 Å². The third kappa shape index (κ3) is 1.40. The van der Waals surface area contributed by atoms with Crippen LogP contribution in [0.5, 0.6) is 17.2 Å². The van der Waals surface area contributed by atoms with Crippen molar-refractivity contribution in [1.29, 1.82) is 0 Å². The molecule has 0 fully saturated rings. The van der Waals surface area contributed by atoms with Crippen LogP contribution in [-0.2, 0) is 18.4 Å². The van der Waals surface area contributed by atoms with Gasteiger partial charge in [0.25, 0.3) is 0 Å². The van der Waals surface area contributed by atoms with Gasteiger partial charge in [-0.15, -0.1) is 0 Å². The average molecular weight is 236 g/mol. The highest BCUT2D eigenvalue weighted by Gasteiger charge is 2.36. The Bertz CT molecular complexity index is 450. The summed E-state index contributed by atoms with van der Waals surface area (Å²) < 4.78 is 11.1. The smallest absolute Gasteiger partial charge is 0.165 e. The van der Waals surface area contributed by atoms with Gasteiger partial charge in [0.05, 0.1) is 18.8 Å². The zero-order valence-electron chi connectivity index (χ0n) is 10.0. The molecule has 0 amide bonds. The molecule has 4 heteroatoms. The van der Waals surface area contributed by atoms with Crippen molar-refractivity contribution in [3.05, 3.63) is 16.7 Å². The standard InChI is InChI=1S/C13H16O4/c1-13(2,15)9-7-3-5-17-12(7)10(14)8-4-6-16-11(8)9/h14-15H,3-6H2,1-2H3. The Morgan fingerprint density at radius 2 is 1.59 bits per heavy atom. The minimum absolute atomic E-state index is 0.193. The van der Waals surface area contributed by atoms with Gasteiger partial charge in [0.1, 0.15) is 5.75 Å². The minimum Gasteiger partial charge on any atom is -0.504 e. The van der Waals surface area contributed by atoms with Gasteiger partial charge in [0.2, 0.25) is 0 Å². The van der Waals surface area contributed by atoms with Crippen LogP contribution in [0, 0.1) is 0 Å². The van der Waals surface area contributed by atoms with Gasteiger partial charge in [-0.3, -0.25) is 0 Å². The maximum atomic E-state index is 10.3. The first-order valence-electron chi connectivity index (χ1n) is 5.89. The number of hydrogen-bond acceptors (Lipinski definition) is 4. The summed E-state index contributed by atoms with van der Waals surface area (Å²) in [5, 5.41) is 20.4. The molecular weight excluding hydrogens is 220 g/mol. The van der Waals surface area contributed by atoms with Crippen molar-refractivity contribution in [1.82, 2.24) is 0 Å². The molecule has 0 aromatic heterocycles. The quantitative estimate of drug-likeness (QED) is 0.775. The van der Waals surface area contributed by atoms with E-state index in [2.05, 4.69) is 0 Å². The Hall–Kier alpha value is -1.42. The molecule has 0 radical (unpaired) electrons. The van der Waals surface area contributed by atoms with E-state index >= 15 is 0 Å². The zero-order valence-corrected chi connectivity index (χ0v) is 10.0. The van der Waals surface area contributed by atoms with Crippen LogP contribution in [0.4, 0.5) is 0 Å². The Morgan fingerprint density at radius 1 is 1.00 bits per heavy atom. The first kappa shape index (κ1) is 10.7. The molecule has 1 aromatic carbocycles. The van der Waals surface area contributed by atoms with Crippen LogP contribution in [0.1, 0.15) is 30.5 Å². The molecule has 3 rings (SSSR count). The number of phenols is 1. The van der Waals surface area contributed by atoms with Crippen LogP contribution >= 0.6 is 0 Å². The average Bonchev–Trinajstić information content (AvgIpc) is 2.83. The third-order valence-corrected chi connectivity index (χ3v) is 3.39. The van der Waals surface area contributed by atoms with Crippen LogP contribution in [0.2, 0.25) is 0 Å². The van der Waals surface area contributed by atoms with Gasteiger partial charge >= 0.3 is 0 Å². The molecule has 0 unspecified atom stereocenters. The zero-order chi connectivity index (χ0) is 12.2. The molecule has 17 heavy (non-hydrogen) atoms. The summed E-state index contributed by atoms with van der Waals surface area (Å²) in [4.78, 5) is 0. The number of aromatic hydroxyl groups is 1. The van der Waals surface area contributed by atoms with E-state index < -0.39 is 5.60 Å². The lowest BCUT2D eigenvalue weighted by Crippen LogP contribution is -2.19. The second-order valence-corrected chi connectivity index (χ2v) is 5.09. The number of rotatable bonds is 1. The summed E-state index contributed by atoms with van der Waals surface area (Å²) in [7, 11) is 0. The highest BCUT2D eigenvalue weighted by Crippen LogP contribution is 2.51. The van der Waals surface area contributed by atoms with Crippen molar-refractivity contribution < 1.29 is 19.7 Å². The predicted molar refractivity (Wildman–Crippen MR) is 61.7 cm³/mol. The predicted octanol–water partition coefficient (Wildman–Crippen LogP) is 1.49. The fourth-order valence-corrected chi connectivity index (χ4v) is 2.73. The van der Waals surface area contributed by atoms with Gasteiger partial charge in [-0.2, -0.15) is 0 Å². The lowest BCUT2D eigenvalue weighted by Gasteiger charge is -2.24. The molecule has 92 valence electrons. The molecule has 2 aliphatic rings. The largest absolute Gasteiger partial charge is 0.504 e. The van der Waals surface area contributed by atoms with Crippen molar-refractivity contribution in [2.45, 2.75) is 32.3 Å². The molecule has 2 N–H and O–H groups in total. The van der Waals surface area contributed by atoms with Crippen molar-refractivity contribution in [2.75, 3.05) is 13.2 Å². The van der Waals surface area contributed by atoms with Crippen molar-refractivity contribution in [3.63, 3.8) is 0 Å². The van der Waals surface area contributed by atoms with E-state index in [1.54, 1.807) is 13.8 Å². The number of phenolic OH excluding ortho intramolecular Hbond substituents is 1. The van der Waals surface area contributed by atoms with Gasteiger partial charge in [-0.05, 0) is 13.8 Å². The maximum Gasteiger partial charge on any atom is 0.165 e. The lowest BCUT2D eigenvalue weighted by atomic mass is 9.88. The van der Waals surface area contributed by atoms with E-state index in [0.717, 1.165) is 16.7 Å². The molecule has 1 aromatic rings. The van der Waals surface area contributed by atoms with Gasteiger partial charge in [0, 0.05) is 29.5 Å². The van der Waals surface area contributed by atoms with Crippen LogP contribution < -0.4 is 9.47 Å². The maximum absolute atomic E-state index is 10.3. The van der Waals surface area contributed by atoms with Gasteiger partial charge < -0.3 is 19.7 Å². The minimum atomic E-state index is -0.986. The fourth-order valence-electron chi connectivity index (χ4n) is 2.73. The van der Waals surface area contributed by atoms with E-state index in [4.69, 9.17) is 9.47 Å². The SMILES string of the molecule is CC(C)(O)c1c2c(c(O)c3c1OCC3)OCC2. The van der Waals surface area contributed by atoms with E-state index in [1.807, 2.05) is 0 Å². The third-order valence-electron chi connectivity index (χ3n) is 3.39. The van der Waals surface area contributed by atoms with Crippen LogP contribution in [0.15, 0.2) is 0 Å². The molecule has 0 spiro atoms. The number of benzene rings is 1. The summed E-state index contributed by atoms with van der Waals surface area (Å²) in [5.74, 6) is 1.38. The summed E-state index contributed by atoms with van der Waals surface area (Å²) in [6, 6.07) is 0. The summed E-state index contributed by atoms with van der Waals surface area (Å²) in [6.07, 6.45) is 1.37. The van der Waals surface area contributed by atoms with Crippen LogP contribution in [-0.4, -0.2) is 23.4 Å². The van der Waals surface area contributed by atoms with E-state index in [-0.39, 0.29) is 5.75 Å². The molecule has 0 aliphatic carbocycles. The summed E-state index contributed by atoms with van der Waals surface area (Å²) in [6.45, 7) is 4.57. The Balaban J connectivity index is 2.34. The summed E-state index contributed by atoms with van der Waals surface area (Å²) >= 11 is 0. The molecule has 2 heterocycles. The molecule has 2 aliphatic heterocycles. The second kappa shape index (κ2) is 3.29. The summed E-state index contributed by atoms with van der Waals surface area (Å²) in [5.41, 5.74) is 1.44. The van der Waals surface area contributed by atoms with Gasteiger partial charge in [0.15, 0.2) is 11.5 Å². The van der Waals surface area contributed by atoms with E-state index in [9.17, 15) is 10.2 Å². The van der Waals surface area contributed by atoms with E-state index in [1.165, 1.54) is 0 Å². The molecular formula is C13H16O4. The molecule has 0 saturated heterocycles. The van der Waals surface area contributed by atoms with Crippen molar-refractivity contribution >= 4 is 0 Å². The highest BCUT2D eigenvalue weighted by atomic mass is 16.5. The van der Waals surface area contributed by atoms with Gasteiger partial charge in [-0.1, -0.05) is 0 Å². The Kier molecular flexibility index (Phi) is 2.08. The van der Waals surface area contributed by atoms with Crippen LogP contribution in [0.25, 0.3) is 0 Å². The lowest BCUT2D eigenvalue weighted by molar-refractivity contribution is 0.0746. The Morgan fingerprint density at radius 3 is 2.24 bits per heavy atom. The first-order chi connectivity index (χ1) is 8.00. The number of fused-ring (bicyclic) bond motifs is 2. The Labute approximate surface area is 99.8 Å². The molecule has 0 saturated carbocycles. The normalized spacial score (nSPS) is 17.4.